The summed E-state index contributed by atoms with van der Waals surface area (Å²) in [5.74, 6) is 1.11. The van der Waals surface area contributed by atoms with Crippen LogP contribution >= 0.6 is 0 Å². The van der Waals surface area contributed by atoms with Crippen LogP contribution in [0.2, 0.25) is 0 Å². The van der Waals surface area contributed by atoms with Crippen LogP contribution in [-0.4, -0.2) is 26.0 Å². The molecule has 0 saturated carbocycles. The van der Waals surface area contributed by atoms with Gasteiger partial charge in [-0.15, -0.1) is 0 Å². The number of Topliss-reactive ketones (excluding diaryl/α,β-unsaturated/α-hetero) is 1. The Hall–Kier alpha value is -2.04. The maximum atomic E-state index is 11.9. The molecule has 1 aromatic rings. The number of esters is 1. The Morgan fingerprint density at radius 2 is 1.46 bits per heavy atom. The zero-order chi connectivity index (χ0) is 20.9. The minimum atomic E-state index is -0.532. The third-order valence-electron chi connectivity index (χ3n) is 3.46. The van der Waals surface area contributed by atoms with Gasteiger partial charge in [-0.05, 0) is 0 Å². The number of carbonyl (C=O) groups is 2. The van der Waals surface area contributed by atoms with Crippen LogP contribution in [0, 0.1) is 0 Å². The summed E-state index contributed by atoms with van der Waals surface area (Å²) in [5.41, 5.74) is 0.156. The van der Waals surface area contributed by atoms with Crippen LogP contribution in [0.15, 0.2) is 12.1 Å². The Morgan fingerprint density at radius 1 is 0.962 bits per heavy atom. The van der Waals surface area contributed by atoms with E-state index in [1.54, 1.807) is 12.1 Å². The molecule has 0 aliphatic rings. The van der Waals surface area contributed by atoms with E-state index in [0.717, 1.165) is 0 Å². The molecule has 5 heteroatoms. The van der Waals surface area contributed by atoms with Gasteiger partial charge in [-0.2, -0.15) is 0 Å². The molecule has 1 aromatic carbocycles. The van der Waals surface area contributed by atoms with E-state index in [9.17, 15) is 9.59 Å². The largest absolute Gasteiger partial charge is 0.496 e. The molecule has 0 fully saturated rings. The minimum Gasteiger partial charge on any atom is -0.496 e. The molecule has 0 bridgehead atoms. The van der Waals surface area contributed by atoms with E-state index in [4.69, 9.17) is 14.2 Å². The van der Waals surface area contributed by atoms with Crippen molar-refractivity contribution >= 4 is 11.8 Å². The number of methoxy groups -OCH3 is 2. The number of ether oxygens (including phenoxy) is 3. The van der Waals surface area contributed by atoms with Crippen molar-refractivity contribution in [3.8, 4) is 17.2 Å². The number of rotatable bonds is 7. The normalized spacial score (nSPS) is 9.77. The van der Waals surface area contributed by atoms with Crippen molar-refractivity contribution in [3.63, 3.8) is 0 Å². The van der Waals surface area contributed by atoms with Crippen LogP contribution in [0.3, 0.4) is 0 Å². The molecule has 150 valence electrons. The van der Waals surface area contributed by atoms with E-state index in [1.165, 1.54) is 21.1 Å². The molecule has 0 heterocycles. The van der Waals surface area contributed by atoms with E-state index in [-0.39, 0.29) is 5.78 Å². The average molecular weight is 369 g/mol. The lowest BCUT2D eigenvalue weighted by Gasteiger charge is -2.28. The van der Waals surface area contributed by atoms with Crippen LogP contribution in [-0.2, 0) is 15.0 Å². The highest BCUT2D eigenvalue weighted by Crippen LogP contribution is 2.44. The Morgan fingerprint density at radius 3 is 1.85 bits per heavy atom. The van der Waals surface area contributed by atoms with Crippen molar-refractivity contribution in [2.45, 2.75) is 73.6 Å². The summed E-state index contributed by atoms with van der Waals surface area (Å²) in [6, 6.07) is 3.36. The predicted molar refractivity (Wildman–Crippen MR) is 106 cm³/mol. The van der Waals surface area contributed by atoms with Crippen molar-refractivity contribution in [1.82, 2.24) is 0 Å². The van der Waals surface area contributed by atoms with E-state index < -0.39 is 11.4 Å². The number of hydrogen-bond acceptors (Lipinski definition) is 5. The summed E-state index contributed by atoms with van der Waals surface area (Å²) < 4.78 is 16.0. The molecular formula is C21H36O5. The quantitative estimate of drug-likeness (QED) is 0.481. The van der Waals surface area contributed by atoms with Crippen LogP contribution < -0.4 is 14.2 Å². The van der Waals surface area contributed by atoms with Crippen LogP contribution in [0.25, 0.3) is 0 Å². The molecule has 1 rings (SSSR count). The smallest absolute Gasteiger partial charge is 0.308 e. The lowest BCUT2D eigenvalue weighted by atomic mass is 9.78. The van der Waals surface area contributed by atoms with Crippen LogP contribution in [0.4, 0.5) is 0 Å². The van der Waals surface area contributed by atoms with Crippen molar-refractivity contribution in [3.05, 3.63) is 17.7 Å². The molecule has 26 heavy (non-hydrogen) atoms. The number of hydrogen-bond donors (Lipinski definition) is 0. The SMILES string of the molecule is CC.CC.CCC(=O)CC(C)(C)c1c(OC)cc(OC)cc1OC(C)=O. The van der Waals surface area contributed by atoms with Crippen molar-refractivity contribution in [2.24, 2.45) is 0 Å². The Labute approximate surface area is 159 Å². The first-order valence-electron chi connectivity index (χ1n) is 9.21. The zero-order valence-electron chi connectivity index (χ0n) is 18.1. The van der Waals surface area contributed by atoms with Gasteiger partial charge in [-0.1, -0.05) is 48.5 Å². The number of ketones is 1. The Bertz CT molecular complexity index is 562. The second-order valence-corrected chi connectivity index (χ2v) is 5.75. The zero-order valence-corrected chi connectivity index (χ0v) is 18.1. The van der Waals surface area contributed by atoms with E-state index in [0.29, 0.717) is 35.7 Å². The van der Waals surface area contributed by atoms with Crippen molar-refractivity contribution in [2.75, 3.05) is 14.2 Å². The molecule has 0 aromatic heterocycles. The first kappa shape index (κ1) is 26.2. The van der Waals surface area contributed by atoms with Crippen molar-refractivity contribution in [1.29, 1.82) is 0 Å². The molecular weight excluding hydrogens is 332 g/mol. The molecule has 5 nitrogen and oxygen atoms in total. The van der Waals surface area contributed by atoms with Gasteiger partial charge in [0.15, 0.2) is 0 Å². The maximum absolute atomic E-state index is 11.9. The second-order valence-electron chi connectivity index (χ2n) is 5.75. The molecule has 0 spiro atoms. The second kappa shape index (κ2) is 13.2. The first-order valence-corrected chi connectivity index (χ1v) is 9.21. The third kappa shape index (κ3) is 7.89. The van der Waals surface area contributed by atoms with Gasteiger partial charge in [0, 0.05) is 42.9 Å². The number of carbonyl (C=O) groups excluding carboxylic acids is 2. The minimum absolute atomic E-state index is 0.136. The number of benzene rings is 1. The molecule has 0 atom stereocenters. The highest BCUT2D eigenvalue weighted by Gasteiger charge is 2.32. The van der Waals surface area contributed by atoms with Gasteiger partial charge in [0.1, 0.15) is 23.0 Å². The molecule has 0 aliphatic heterocycles. The fourth-order valence-corrected chi connectivity index (χ4v) is 2.45. The molecule has 0 N–H and O–H groups in total. The lowest BCUT2D eigenvalue weighted by molar-refractivity contribution is -0.131. The monoisotopic (exact) mass is 368 g/mol. The van der Waals surface area contributed by atoms with Gasteiger partial charge in [0.05, 0.1) is 14.2 Å². The molecule has 0 amide bonds. The Kier molecular flexibility index (Phi) is 13.3. The standard InChI is InChI=1S/C17H24O5.2C2H6/c1-7-12(19)10-17(3,4)16-14(21-6)8-13(20-5)9-15(16)22-11(2)18;2*1-2/h8-9H,7,10H2,1-6H3;2*1-2H3. The fraction of sp³-hybridized carbons (Fsp3) is 0.619. The van der Waals surface area contributed by atoms with Gasteiger partial charge in [-0.3, -0.25) is 9.59 Å². The summed E-state index contributed by atoms with van der Waals surface area (Å²) in [7, 11) is 3.06. The Balaban J connectivity index is 0. The first-order chi connectivity index (χ1) is 12.2. The summed E-state index contributed by atoms with van der Waals surface area (Å²) in [5, 5.41) is 0. The maximum Gasteiger partial charge on any atom is 0.308 e. The average Bonchev–Trinajstić information content (AvgIpc) is 2.63. The summed E-state index contributed by atoms with van der Waals surface area (Å²) in [4.78, 5) is 23.3. The molecule has 0 aliphatic carbocycles. The molecule has 0 unspecified atom stereocenters. The van der Waals surface area contributed by atoms with Crippen molar-refractivity contribution < 1.29 is 23.8 Å². The van der Waals surface area contributed by atoms with Gasteiger partial charge in [0.2, 0.25) is 0 Å². The third-order valence-corrected chi connectivity index (χ3v) is 3.46. The van der Waals surface area contributed by atoms with Crippen LogP contribution in [0.5, 0.6) is 17.2 Å². The predicted octanol–water partition coefficient (Wildman–Crippen LogP) is 5.33. The fourth-order valence-electron chi connectivity index (χ4n) is 2.45. The van der Waals surface area contributed by atoms with Gasteiger partial charge < -0.3 is 14.2 Å². The van der Waals surface area contributed by atoms with Crippen LogP contribution in [0.1, 0.15) is 73.8 Å². The molecule has 0 saturated heterocycles. The van der Waals surface area contributed by atoms with Gasteiger partial charge in [0.25, 0.3) is 0 Å². The molecule has 0 radical (unpaired) electrons. The van der Waals surface area contributed by atoms with Gasteiger partial charge >= 0.3 is 5.97 Å². The summed E-state index contributed by atoms with van der Waals surface area (Å²) in [6.07, 6.45) is 0.797. The van der Waals surface area contributed by atoms with E-state index in [2.05, 4.69) is 0 Å². The summed E-state index contributed by atoms with van der Waals surface area (Å²) in [6.45, 7) is 15.0. The highest BCUT2D eigenvalue weighted by atomic mass is 16.5. The van der Waals surface area contributed by atoms with E-state index in [1.807, 2.05) is 48.5 Å². The lowest BCUT2D eigenvalue weighted by Crippen LogP contribution is -2.24. The topological polar surface area (TPSA) is 61.8 Å². The highest BCUT2D eigenvalue weighted by molar-refractivity contribution is 5.80. The van der Waals surface area contributed by atoms with E-state index >= 15 is 0 Å². The summed E-state index contributed by atoms with van der Waals surface area (Å²) >= 11 is 0. The van der Waals surface area contributed by atoms with Gasteiger partial charge in [-0.25, -0.2) is 0 Å².